The number of rotatable bonds is 9. The average Bonchev–Trinajstić information content (AvgIpc) is 2.84. The summed E-state index contributed by atoms with van der Waals surface area (Å²) in [5, 5.41) is 8.14. The summed E-state index contributed by atoms with van der Waals surface area (Å²) in [7, 11) is 0. The van der Waals surface area contributed by atoms with Gasteiger partial charge in [0, 0.05) is 31.9 Å². The van der Waals surface area contributed by atoms with Gasteiger partial charge in [-0.1, -0.05) is 32.9 Å². The van der Waals surface area contributed by atoms with Crippen LogP contribution in [0.5, 0.6) is 0 Å². The molecule has 0 saturated heterocycles. The lowest BCUT2D eigenvalue weighted by Gasteiger charge is -2.31. The van der Waals surface area contributed by atoms with E-state index in [4.69, 9.17) is 5.73 Å². The molecular formula is C14H29N5. The monoisotopic (exact) mass is 267 g/mol. The van der Waals surface area contributed by atoms with Crippen LogP contribution in [-0.4, -0.2) is 39.0 Å². The molecule has 19 heavy (non-hydrogen) atoms. The third-order valence-corrected chi connectivity index (χ3v) is 3.47. The molecule has 1 heterocycles. The van der Waals surface area contributed by atoms with Crippen LogP contribution in [0.3, 0.4) is 0 Å². The lowest BCUT2D eigenvalue weighted by molar-refractivity contribution is 0.157. The van der Waals surface area contributed by atoms with Gasteiger partial charge in [-0.05, 0) is 18.8 Å². The molecule has 110 valence electrons. The summed E-state index contributed by atoms with van der Waals surface area (Å²) >= 11 is 0. The zero-order chi connectivity index (χ0) is 14.3. The molecule has 0 aliphatic heterocycles. The van der Waals surface area contributed by atoms with Gasteiger partial charge in [0.15, 0.2) is 0 Å². The van der Waals surface area contributed by atoms with Crippen molar-refractivity contribution in [2.24, 2.45) is 11.7 Å². The molecule has 1 rings (SSSR count). The van der Waals surface area contributed by atoms with Crippen LogP contribution in [0.4, 0.5) is 0 Å². The molecular weight excluding hydrogens is 238 g/mol. The van der Waals surface area contributed by atoms with E-state index in [0.717, 1.165) is 25.3 Å². The molecule has 0 saturated carbocycles. The molecule has 0 fully saturated rings. The first-order valence-electron chi connectivity index (χ1n) is 7.43. The Kier molecular flexibility index (Phi) is 7.02. The predicted molar refractivity (Wildman–Crippen MR) is 78.7 cm³/mol. The molecule has 0 aliphatic carbocycles. The summed E-state index contributed by atoms with van der Waals surface area (Å²) in [6.45, 7) is 12.6. The molecule has 0 bridgehead atoms. The Labute approximate surface area is 117 Å². The highest BCUT2D eigenvalue weighted by Gasteiger charge is 2.16. The van der Waals surface area contributed by atoms with Crippen molar-refractivity contribution in [2.45, 2.75) is 59.7 Å². The second-order valence-corrected chi connectivity index (χ2v) is 5.54. The number of hydrogen-bond acceptors (Lipinski definition) is 4. The SMILES string of the molecule is CCC(CC)N(CCn1cc(CN)nn1)CC(C)C. The molecule has 0 radical (unpaired) electrons. The van der Waals surface area contributed by atoms with Gasteiger partial charge in [0.25, 0.3) is 0 Å². The molecule has 5 heteroatoms. The van der Waals surface area contributed by atoms with Crippen LogP contribution in [0.15, 0.2) is 6.20 Å². The van der Waals surface area contributed by atoms with Crippen molar-refractivity contribution < 1.29 is 0 Å². The van der Waals surface area contributed by atoms with Gasteiger partial charge in [0.2, 0.25) is 0 Å². The Bertz CT molecular complexity index is 343. The average molecular weight is 267 g/mol. The van der Waals surface area contributed by atoms with E-state index in [9.17, 15) is 0 Å². The fourth-order valence-corrected chi connectivity index (χ4v) is 2.47. The summed E-state index contributed by atoms with van der Waals surface area (Å²) in [5.74, 6) is 0.691. The highest BCUT2D eigenvalue weighted by molar-refractivity contribution is 4.90. The van der Waals surface area contributed by atoms with Gasteiger partial charge in [-0.25, -0.2) is 0 Å². The fraction of sp³-hybridized carbons (Fsp3) is 0.857. The van der Waals surface area contributed by atoms with Crippen molar-refractivity contribution in [1.29, 1.82) is 0 Å². The molecule has 1 aromatic rings. The first-order chi connectivity index (χ1) is 9.10. The maximum atomic E-state index is 5.55. The van der Waals surface area contributed by atoms with Gasteiger partial charge in [0.05, 0.1) is 12.2 Å². The lowest BCUT2D eigenvalue weighted by Crippen LogP contribution is -2.39. The van der Waals surface area contributed by atoms with Crippen LogP contribution in [-0.2, 0) is 13.1 Å². The van der Waals surface area contributed by atoms with Crippen LogP contribution < -0.4 is 5.73 Å². The van der Waals surface area contributed by atoms with Gasteiger partial charge in [-0.15, -0.1) is 5.10 Å². The van der Waals surface area contributed by atoms with Gasteiger partial charge in [-0.3, -0.25) is 9.58 Å². The minimum absolute atomic E-state index is 0.461. The van der Waals surface area contributed by atoms with E-state index in [0.29, 0.717) is 18.5 Å². The van der Waals surface area contributed by atoms with E-state index in [-0.39, 0.29) is 0 Å². The summed E-state index contributed by atoms with van der Waals surface area (Å²) in [4.78, 5) is 2.58. The van der Waals surface area contributed by atoms with E-state index in [2.05, 4.69) is 42.9 Å². The Hall–Kier alpha value is -0.940. The van der Waals surface area contributed by atoms with Gasteiger partial charge in [-0.2, -0.15) is 0 Å². The minimum atomic E-state index is 0.461. The first kappa shape index (κ1) is 16.1. The molecule has 0 atom stereocenters. The molecule has 0 aliphatic rings. The molecule has 0 spiro atoms. The van der Waals surface area contributed by atoms with Crippen molar-refractivity contribution >= 4 is 0 Å². The van der Waals surface area contributed by atoms with E-state index in [1.54, 1.807) is 0 Å². The summed E-state index contributed by atoms with van der Waals surface area (Å²) in [6.07, 6.45) is 4.35. The summed E-state index contributed by atoms with van der Waals surface area (Å²) in [5.41, 5.74) is 6.41. The van der Waals surface area contributed by atoms with Crippen LogP contribution in [0.25, 0.3) is 0 Å². The van der Waals surface area contributed by atoms with Crippen molar-refractivity contribution in [3.63, 3.8) is 0 Å². The van der Waals surface area contributed by atoms with Gasteiger partial charge >= 0.3 is 0 Å². The smallest absolute Gasteiger partial charge is 0.0962 e. The standard InChI is InChI=1S/C14H29N5/c1-5-14(6-2)18(10-12(3)4)7-8-19-11-13(9-15)16-17-19/h11-12,14H,5-10,15H2,1-4H3. The van der Waals surface area contributed by atoms with E-state index in [1.165, 1.54) is 12.8 Å². The summed E-state index contributed by atoms with van der Waals surface area (Å²) in [6, 6.07) is 0.667. The van der Waals surface area contributed by atoms with Crippen LogP contribution >= 0.6 is 0 Å². The van der Waals surface area contributed by atoms with E-state index < -0.39 is 0 Å². The van der Waals surface area contributed by atoms with Gasteiger partial charge in [0.1, 0.15) is 0 Å². The molecule has 2 N–H and O–H groups in total. The number of nitrogens with two attached hydrogens (primary N) is 1. The van der Waals surface area contributed by atoms with E-state index in [1.807, 2.05) is 10.9 Å². The van der Waals surface area contributed by atoms with E-state index >= 15 is 0 Å². The second kappa shape index (κ2) is 8.27. The van der Waals surface area contributed by atoms with Crippen LogP contribution in [0.1, 0.15) is 46.2 Å². The zero-order valence-corrected chi connectivity index (χ0v) is 12.8. The first-order valence-corrected chi connectivity index (χ1v) is 7.43. The maximum Gasteiger partial charge on any atom is 0.0962 e. The normalized spacial score (nSPS) is 12.0. The van der Waals surface area contributed by atoms with Crippen molar-refractivity contribution in [3.05, 3.63) is 11.9 Å². The second-order valence-electron chi connectivity index (χ2n) is 5.54. The highest BCUT2D eigenvalue weighted by Crippen LogP contribution is 2.11. The highest BCUT2D eigenvalue weighted by atomic mass is 15.4. The predicted octanol–water partition coefficient (Wildman–Crippen LogP) is 1.88. The molecule has 0 aromatic carbocycles. The third kappa shape index (κ3) is 5.28. The Balaban J connectivity index is 2.56. The minimum Gasteiger partial charge on any atom is -0.325 e. The van der Waals surface area contributed by atoms with Gasteiger partial charge < -0.3 is 5.73 Å². The number of aromatic nitrogens is 3. The third-order valence-electron chi connectivity index (χ3n) is 3.47. The number of nitrogens with zero attached hydrogens (tertiary/aromatic N) is 4. The Morgan fingerprint density at radius 1 is 1.32 bits per heavy atom. The largest absolute Gasteiger partial charge is 0.325 e. The molecule has 0 amide bonds. The zero-order valence-electron chi connectivity index (χ0n) is 12.8. The Morgan fingerprint density at radius 2 is 2.00 bits per heavy atom. The molecule has 5 nitrogen and oxygen atoms in total. The topological polar surface area (TPSA) is 60.0 Å². The van der Waals surface area contributed by atoms with Crippen molar-refractivity contribution in [3.8, 4) is 0 Å². The fourth-order valence-electron chi connectivity index (χ4n) is 2.47. The number of hydrogen-bond donors (Lipinski definition) is 1. The summed E-state index contributed by atoms with van der Waals surface area (Å²) < 4.78 is 1.90. The van der Waals surface area contributed by atoms with Crippen LogP contribution in [0.2, 0.25) is 0 Å². The quantitative estimate of drug-likeness (QED) is 0.742. The Morgan fingerprint density at radius 3 is 2.47 bits per heavy atom. The van der Waals surface area contributed by atoms with Crippen molar-refractivity contribution in [2.75, 3.05) is 13.1 Å². The molecule has 0 unspecified atom stereocenters. The maximum absolute atomic E-state index is 5.55. The van der Waals surface area contributed by atoms with Crippen molar-refractivity contribution in [1.82, 2.24) is 19.9 Å². The lowest BCUT2D eigenvalue weighted by atomic mass is 10.1. The molecule has 1 aromatic heterocycles. The van der Waals surface area contributed by atoms with Crippen LogP contribution in [0, 0.1) is 5.92 Å².